The van der Waals surface area contributed by atoms with Crippen LogP contribution in [0, 0.1) is 0 Å². The van der Waals surface area contributed by atoms with Gasteiger partial charge >= 0.3 is 6.03 Å². The highest BCUT2D eigenvalue weighted by Gasteiger charge is 2.08. The van der Waals surface area contributed by atoms with Gasteiger partial charge < -0.3 is 19.9 Å². The van der Waals surface area contributed by atoms with Gasteiger partial charge in [0, 0.05) is 32.9 Å². The van der Waals surface area contributed by atoms with Crippen molar-refractivity contribution in [1.29, 1.82) is 0 Å². The molecular formula is C19H25N3O2. The van der Waals surface area contributed by atoms with Gasteiger partial charge in [-0.25, -0.2) is 4.79 Å². The number of carbonyl (C=O) groups is 1. The van der Waals surface area contributed by atoms with Crippen molar-refractivity contribution in [3.05, 3.63) is 60.7 Å². The Morgan fingerprint density at radius 1 is 0.958 bits per heavy atom. The number of carbonyl (C=O) groups excluding carboxylic acids is 1. The highest BCUT2D eigenvalue weighted by atomic mass is 16.5. The van der Waals surface area contributed by atoms with E-state index in [1.807, 2.05) is 55.6 Å². The Morgan fingerprint density at radius 2 is 1.58 bits per heavy atom. The SMILES string of the molecule is CN(CCOc1ccccc1)C(=O)NCCN(C)c1ccccc1. The molecule has 5 nitrogen and oxygen atoms in total. The molecule has 0 atom stereocenters. The largest absolute Gasteiger partial charge is 0.492 e. The Hall–Kier alpha value is -2.69. The number of ether oxygens (including phenoxy) is 1. The van der Waals surface area contributed by atoms with Crippen LogP contribution >= 0.6 is 0 Å². The number of anilines is 1. The van der Waals surface area contributed by atoms with Gasteiger partial charge in [-0.15, -0.1) is 0 Å². The van der Waals surface area contributed by atoms with Gasteiger partial charge in [-0.3, -0.25) is 0 Å². The maximum Gasteiger partial charge on any atom is 0.317 e. The highest BCUT2D eigenvalue weighted by Crippen LogP contribution is 2.10. The van der Waals surface area contributed by atoms with Crippen LogP contribution in [0.15, 0.2) is 60.7 Å². The van der Waals surface area contributed by atoms with Crippen LogP contribution in [-0.4, -0.2) is 51.3 Å². The van der Waals surface area contributed by atoms with E-state index in [1.54, 1.807) is 11.9 Å². The van der Waals surface area contributed by atoms with Crippen molar-refractivity contribution < 1.29 is 9.53 Å². The number of amides is 2. The average Bonchev–Trinajstić information content (AvgIpc) is 2.63. The first-order valence-electron chi connectivity index (χ1n) is 8.10. The van der Waals surface area contributed by atoms with Gasteiger partial charge in [-0.05, 0) is 24.3 Å². The molecule has 0 saturated heterocycles. The molecule has 0 aliphatic heterocycles. The minimum absolute atomic E-state index is 0.0897. The molecule has 2 rings (SSSR count). The van der Waals surface area contributed by atoms with E-state index in [1.165, 1.54) is 0 Å². The van der Waals surface area contributed by atoms with Crippen molar-refractivity contribution in [2.24, 2.45) is 0 Å². The third-order valence-corrected chi connectivity index (χ3v) is 3.71. The first-order chi connectivity index (χ1) is 11.7. The van der Waals surface area contributed by atoms with Crippen LogP contribution in [0.4, 0.5) is 10.5 Å². The van der Waals surface area contributed by atoms with Crippen LogP contribution in [-0.2, 0) is 0 Å². The zero-order chi connectivity index (χ0) is 17.2. The Balaban J connectivity index is 1.63. The summed E-state index contributed by atoms with van der Waals surface area (Å²) in [6.45, 7) is 2.35. The Labute approximate surface area is 143 Å². The van der Waals surface area contributed by atoms with Gasteiger partial charge in [0.05, 0.1) is 6.54 Å². The van der Waals surface area contributed by atoms with E-state index in [0.717, 1.165) is 18.0 Å². The van der Waals surface area contributed by atoms with Gasteiger partial charge in [-0.1, -0.05) is 36.4 Å². The molecule has 5 heteroatoms. The van der Waals surface area contributed by atoms with Crippen molar-refractivity contribution in [1.82, 2.24) is 10.2 Å². The minimum atomic E-state index is -0.0897. The predicted molar refractivity (Wildman–Crippen MR) is 97.7 cm³/mol. The molecule has 0 aliphatic carbocycles. The normalized spacial score (nSPS) is 10.1. The Morgan fingerprint density at radius 3 is 2.25 bits per heavy atom. The summed E-state index contributed by atoms with van der Waals surface area (Å²) < 4.78 is 5.60. The maximum absolute atomic E-state index is 12.0. The lowest BCUT2D eigenvalue weighted by molar-refractivity contribution is 0.195. The summed E-state index contributed by atoms with van der Waals surface area (Å²) in [6, 6.07) is 19.6. The molecule has 24 heavy (non-hydrogen) atoms. The molecule has 0 bridgehead atoms. The number of rotatable bonds is 8. The van der Waals surface area contributed by atoms with Crippen LogP contribution in [0.5, 0.6) is 5.75 Å². The van der Waals surface area contributed by atoms with Gasteiger partial charge in [0.1, 0.15) is 12.4 Å². The summed E-state index contributed by atoms with van der Waals surface area (Å²) in [5, 5.41) is 2.92. The van der Waals surface area contributed by atoms with E-state index in [9.17, 15) is 4.79 Å². The number of nitrogens with zero attached hydrogens (tertiary/aromatic N) is 2. The van der Waals surface area contributed by atoms with Gasteiger partial charge in [-0.2, -0.15) is 0 Å². The summed E-state index contributed by atoms with van der Waals surface area (Å²) >= 11 is 0. The number of benzene rings is 2. The van der Waals surface area contributed by atoms with Crippen LogP contribution in [0.25, 0.3) is 0 Å². The third-order valence-electron chi connectivity index (χ3n) is 3.71. The van der Waals surface area contributed by atoms with Crippen LogP contribution in [0.2, 0.25) is 0 Å². The summed E-state index contributed by atoms with van der Waals surface area (Å²) in [4.78, 5) is 15.8. The molecule has 0 fully saturated rings. The fourth-order valence-corrected chi connectivity index (χ4v) is 2.20. The molecule has 0 saturated carbocycles. The maximum atomic E-state index is 12.0. The third kappa shape index (κ3) is 5.83. The summed E-state index contributed by atoms with van der Waals surface area (Å²) in [5.41, 5.74) is 1.14. The standard InChI is InChI=1S/C19H25N3O2/c1-21(17-9-5-3-6-10-17)14-13-20-19(23)22(2)15-16-24-18-11-7-4-8-12-18/h3-12H,13-16H2,1-2H3,(H,20,23). The van der Waals surface area contributed by atoms with Crippen molar-refractivity contribution in [2.45, 2.75) is 0 Å². The Bertz CT molecular complexity index is 605. The monoisotopic (exact) mass is 327 g/mol. The fraction of sp³-hybridized carbons (Fsp3) is 0.316. The van der Waals surface area contributed by atoms with Gasteiger partial charge in [0.2, 0.25) is 0 Å². The van der Waals surface area contributed by atoms with E-state index in [0.29, 0.717) is 19.7 Å². The smallest absolute Gasteiger partial charge is 0.317 e. The molecule has 0 aromatic heterocycles. The molecule has 2 amide bonds. The molecule has 128 valence electrons. The zero-order valence-corrected chi connectivity index (χ0v) is 14.3. The summed E-state index contributed by atoms with van der Waals surface area (Å²) in [6.07, 6.45) is 0. The summed E-state index contributed by atoms with van der Waals surface area (Å²) in [7, 11) is 3.78. The molecule has 0 unspecified atom stereocenters. The van der Waals surface area contributed by atoms with Crippen LogP contribution in [0.1, 0.15) is 0 Å². The topological polar surface area (TPSA) is 44.8 Å². The second-order valence-corrected chi connectivity index (χ2v) is 5.57. The minimum Gasteiger partial charge on any atom is -0.492 e. The molecule has 1 N–H and O–H groups in total. The molecule has 2 aromatic carbocycles. The molecule has 0 heterocycles. The number of para-hydroxylation sites is 2. The van der Waals surface area contributed by atoms with E-state index < -0.39 is 0 Å². The molecule has 2 aromatic rings. The average molecular weight is 327 g/mol. The molecular weight excluding hydrogens is 302 g/mol. The van der Waals surface area contributed by atoms with Crippen LogP contribution in [0.3, 0.4) is 0 Å². The first kappa shape index (κ1) is 17.7. The molecule has 0 aliphatic rings. The number of hydrogen-bond donors (Lipinski definition) is 1. The summed E-state index contributed by atoms with van der Waals surface area (Å²) in [5.74, 6) is 0.816. The van der Waals surface area contributed by atoms with E-state index in [-0.39, 0.29) is 6.03 Å². The van der Waals surface area contributed by atoms with Crippen molar-refractivity contribution in [3.8, 4) is 5.75 Å². The fourth-order valence-electron chi connectivity index (χ4n) is 2.20. The first-order valence-corrected chi connectivity index (χ1v) is 8.10. The van der Waals surface area contributed by atoms with Gasteiger partial charge in [0.25, 0.3) is 0 Å². The zero-order valence-electron chi connectivity index (χ0n) is 14.3. The van der Waals surface area contributed by atoms with Crippen molar-refractivity contribution >= 4 is 11.7 Å². The highest BCUT2D eigenvalue weighted by molar-refractivity contribution is 5.73. The van der Waals surface area contributed by atoms with E-state index in [2.05, 4.69) is 22.3 Å². The lowest BCUT2D eigenvalue weighted by Gasteiger charge is -2.22. The molecule has 0 spiro atoms. The van der Waals surface area contributed by atoms with Gasteiger partial charge in [0.15, 0.2) is 0 Å². The predicted octanol–water partition coefficient (Wildman–Crippen LogP) is 2.84. The Kier molecular flexibility index (Phi) is 6.95. The second kappa shape index (κ2) is 9.45. The van der Waals surface area contributed by atoms with E-state index in [4.69, 9.17) is 4.74 Å². The lowest BCUT2D eigenvalue weighted by Crippen LogP contribution is -2.42. The van der Waals surface area contributed by atoms with Crippen molar-refractivity contribution in [2.75, 3.05) is 45.2 Å². The van der Waals surface area contributed by atoms with Crippen LogP contribution < -0.4 is 15.0 Å². The number of nitrogens with one attached hydrogen (secondary N) is 1. The number of urea groups is 1. The molecule has 0 radical (unpaired) electrons. The quantitative estimate of drug-likeness (QED) is 0.811. The number of likely N-dealkylation sites (N-methyl/N-ethyl adjacent to an activating group) is 2. The second-order valence-electron chi connectivity index (χ2n) is 5.57. The van der Waals surface area contributed by atoms with Crippen molar-refractivity contribution in [3.63, 3.8) is 0 Å². The number of hydrogen-bond acceptors (Lipinski definition) is 3. The lowest BCUT2D eigenvalue weighted by atomic mass is 10.3. The van der Waals surface area contributed by atoms with E-state index >= 15 is 0 Å².